The minimum absolute atomic E-state index is 0.365. The molecule has 0 aliphatic carbocycles. The Morgan fingerprint density at radius 1 is 0.947 bits per heavy atom. The molecule has 0 radical (unpaired) electrons. The van der Waals surface area contributed by atoms with E-state index in [-0.39, 0.29) is 5.82 Å². The third-order valence-corrected chi connectivity index (χ3v) is 3.82. The molecule has 0 bridgehead atoms. The van der Waals surface area contributed by atoms with Gasteiger partial charge in [-0.3, -0.25) is 0 Å². The van der Waals surface area contributed by atoms with Gasteiger partial charge in [0.15, 0.2) is 0 Å². The van der Waals surface area contributed by atoms with Gasteiger partial charge < -0.3 is 5.11 Å². The van der Waals surface area contributed by atoms with Crippen LogP contribution in [0.1, 0.15) is 42.6 Å². The van der Waals surface area contributed by atoms with Crippen LogP contribution in [0.15, 0.2) is 46.9 Å². The van der Waals surface area contributed by atoms with Crippen molar-refractivity contribution in [2.24, 2.45) is 0 Å². The zero-order chi connectivity index (χ0) is 14.0. The molecule has 3 heteroatoms. The lowest BCUT2D eigenvalue weighted by Crippen LogP contribution is -2.01. The van der Waals surface area contributed by atoms with E-state index >= 15 is 0 Å². The Morgan fingerprint density at radius 2 is 1.47 bits per heavy atom. The van der Waals surface area contributed by atoms with E-state index in [1.54, 1.807) is 12.1 Å². The van der Waals surface area contributed by atoms with Crippen LogP contribution in [0, 0.1) is 5.82 Å². The molecule has 0 aliphatic rings. The Kier molecular flexibility index (Phi) is 4.38. The van der Waals surface area contributed by atoms with E-state index in [0.29, 0.717) is 16.0 Å². The van der Waals surface area contributed by atoms with Crippen LogP contribution in [0.25, 0.3) is 0 Å². The fourth-order valence-corrected chi connectivity index (χ4v) is 2.18. The third-order valence-electron chi connectivity index (χ3n) is 3.18. The molecule has 0 heterocycles. The average molecular weight is 323 g/mol. The van der Waals surface area contributed by atoms with Gasteiger partial charge in [0, 0.05) is 0 Å². The van der Waals surface area contributed by atoms with Crippen LogP contribution in [0.2, 0.25) is 0 Å². The summed E-state index contributed by atoms with van der Waals surface area (Å²) in [4.78, 5) is 0. The van der Waals surface area contributed by atoms with E-state index in [4.69, 9.17) is 0 Å². The summed E-state index contributed by atoms with van der Waals surface area (Å²) >= 11 is 3.10. The molecule has 0 aliphatic heterocycles. The predicted octanol–water partition coefficient (Wildman–Crippen LogP) is 4.79. The maximum Gasteiger partial charge on any atom is 0.137 e. The first kappa shape index (κ1) is 14.2. The summed E-state index contributed by atoms with van der Waals surface area (Å²) in [6.07, 6.45) is -0.802. The lowest BCUT2D eigenvalue weighted by Gasteiger charge is -2.13. The zero-order valence-electron chi connectivity index (χ0n) is 10.9. The first-order valence-electron chi connectivity index (χ1n) is 6.22. The quantitative estimate of drug-likeness (QED) is 0.861. The van der Waals surface area contributed by atoms with Gasteiger partial charge in [-0.05, 0) is 50.7 Å². The average Bonchev–Trinajstić information content (AvgIpc) is 2.41. The van der Waals surface area contributed by atoms with Crippen LogP contribution in [0.3, 0.4) is 0 Å². The second-order valence-electron chi connectivity index (χ2n) is 4.90. The van der Waals surface area contributed by atoms with Crippen LogP contribution in [0.4, 0.5) is 4.39 Å². The minimum atomic E-state index is -0.802. The van der Waals surface area contributed by atoms with Crippen molar-refractivity contribution in [2.75, 3.05) is 0 Å². The van der Waals surface area contributed by atoms with E-state index < -0.39 is 6.10 Å². The van der Waals surface area contributed by atoms with Crippen molar-refractivity contribution in [1.82, 2.24) is 0 Å². The second-order valence-corrected chi connectivity index (χ2v) is 5.75. The van der Waals surface area contributed by atoms with Crippen LogP contribution < -0.4 is 0 Å². The Balaban J connectivity index is 2.27. The Labute approximate surface area is 121 Å². The predicted molar refractivity (Wildman–Crippen MR) is 78.7 cm³/mol. The molecule has 1 atom stereocenters. The fourth-order valence-electron chi connectivity index (χ4n) is 1.94. The van der Waals surface area contributed by atoms with Crippen molar-refractivity contribution in [3.05, 3.63) is 69.4 Å². The number of hydrogen-bond acceptors (Lipinski definition) is 1. The largest absolute Gasteiger partial charge is 0.384 e. The summed E-state index contributed by atoms with van der Waals surface area (Å²) in [5.41, 5.74) is 2.54. The Bertz CT molecular complexity index is 563. The first-order chi connectivity index (χ1) is 8.99. The molecule has 2 rings (SSSR count). The standard InChI is InChI=1S/C16H16BrFO/c1-10(2)11-3-5-12(6-4-11)16(19)13-7-8-14(17)15(18)9-13/h3-10,16,19H,1-2H3. The lowest BCUT2D eigenvalue weighted by atomic mass is 9.97. The van der Waals surface area contributed by atoms with Crippen LogP contribution >= 0.6 is 15.9 Å². The SMILES string of the molecule is CC(C)c1ccc(C(O)c2ccc(Br)c(F)c2)cc1. The molecule has 1 N–H and O–H groups in total. The fraction of sp³-hybridized carbons (Fsp3) is 0.250. The number of rotatable bonds is 3. The van der Waals surface area contributed by atoms with Gasteiger partial charge >= 0.3 is 0 Å². The van der Waals surface area contributed by atoms with E-state index in [1.807, 2.05) is 24.3 Å². The van der Waals surface area contributed by atoms with Crippen molar-refractivity contribution in [1.29, 1.82) is 0 Å². The highest BCUT2D eigenvalue weighted by Gasteiger charge is 2.12. The molecule has 100 valence electrons. The molecule has 0 saturated heterocycles. The molecule has 2 aromatic rings. The maximum absolute atomic E-state index is 13.5. The normalized spacial score (nSPS) is 12.7. The van der Waals surface area contributed by atoms with Crippen molar-refractivity contribution in [3.8, 4) is 0 Å². The summed E-state index contributed by atoms with van der Waals surface area (Å²) in [5, 5.41) is 10.3. The first-order valence-corrected chi connectivity index (χ1v) is 7.01. The highest BCUT2D eigenvalue weighted by molar-refractivity contribution is 9.10. The topological polar surface area (TPSA) is 20.2 Å². The summed E-state index contributed by atoms with van der Waals surface area (Å²) in [7, 11) is 0. The van der Waals surface area contributed by atoms with Crippen LogP contribution in [0.5, 0.6) is 0 Å². The molecule has 0 saturated carbocycles. The lowest BCUT2D eigenvalue weighted by molar-refractivity contribution is 0.219. The number of halogens is 2. The summed E-state index contributed by atoms with van der Waals surface area (Å²) in [6, 6.07) is 12.5. The van der Waals surface area contributed by atoms with Gasteiger partial charge in [-0.15, -0.1) is 0 Å². The van der Waals surface area contributed by atoms with E-state index in [2.05, 4.69) is 29.8 Å². The van der Waals surface area contributed by atoms with Crippen molar-refractivity contribution in [2.45, 2.75) is 25.9 Å². The number of hydrogen-bond donors (Lipinski definition) is 1. The zero-order valence-corrected chi connectivity index (χ0v) is 12.5. The molecular formula is C16H16BrFO. The number of aliphatic hydroxyl groups excluding tert-OH is 1. The van der Waals surface area contributed by atoms with Gasteiger partial charge in [0.1, 0.15) is 11.9 Å². The van der Waals surface area contributed by atoms with Crippen LogP contribution in [-0.4, -0.2) is 5.11 Å². The van der Waals surface area contributed by atoms with Gasteiger partial charge in [0.05, 0.1) is 4.47 Å². The number of benzene rings is 2. The monoisotopic (exact) mass is 322 g/mol. The summed E-state index contributed by atoms with van der Waals surface area (Å²) in [6.45, 7) is 4.24. The van der Waals surface area contributed by atoms with E-state index in [1.165, 1.54) is 11.6 Å². The second kappa shape index (κ2) is 5.85. The molecule has 2 aromatic carbocycles. The molecular weight excluding hydrogens is 307 g/mol. The molecule has 0 spiro atoms. The summed E-state index contributed by atoms with van der Waals surface area (Å²) < 4.78 is 13.9. The highest BCUT2D eigenvalue weighted by Crippen LogP contribution is 2.26. The Morgan fingerprint density at radius 3 is 2.00 bits per heavy atom. The maximum atomic E-state index is 13.5. The third kappa shape index (κ3) is 3.23. The van der Waals surface area contributed by atoms with Gasteiger partial charge in [-0.25, -0.2) is 4.39 Å². The highest BCUT2D eigenvalue weighted by atomic mass is 79.9. The molecule has 1 nitrogen and oxygen atoms in total. The molecule has 19 heavy (non-hydrogen) atoms. The molecule has 0 amide bonds. The van der Waals surface area contributed by atoms with E-state index in [9.17, 15) is 9.50 Å². The van der Waals surface area contributed by atoms with Crippen molar-refractivity contribution in [3.63, 3.8) is 0 Å². The molecule has 0 fully saturated rings. The smallest absolute Gasteiger partial charge is 0.137 e. The van der Waals surface area contributed by atoms with Crippen LogP contribution in [-0.2, 0) is 0 Å². The molecule has 1 unspecified atom stereocenters. The summed E-state index contributed by atoms with van der Waals surface area (Å²) in [5.74, 6) is 0.0895. The van der Waals surface area contributed by atoms with Gasteiger partial charge in [-0.2, -0.15) is 0 Å². The molecule has 0 aromatic heterocycles. The minimum Gasteiger partial charge on any atom is -0.384 e. The van der Waals surface area contributed by atoms with Gasteiger partial charge in [0.2, 0.25) is 0 Å². The van der Waals surface area contributed by atoms with Gasteiger partial charge in [-0.1, -0.05) is 44.2 Å². The van der Waals surface area contributed by atoms with E-state index in [0.717, 1.165) is 5.56 Å². The Hall–Kier alpha value is -1.19. The van der Waals surface area contributed by atoms with Crippen molar-refractivity contribution >= 4 is 15.9 Å². The van der Waals surface area contributed by atoms with Crippen molar-refractivity contribution < 1.29 is 9.50 Å². The van der Waals surface area contributed by atoms with Gasteiger partial charge in [0.25, 0.3) is 0 Å². The number of aliphatic hydroxyl groups is 1.